The van der Waals surface area contributed by atoms with Crippen molar-refractivity contribution in [2.24, 2.45) is 0 Å². The Morgan fingerprint density at radius 3 is 1.81 bits per heavy atom. The van der Waals surface area contributed by atoms with E-state index in [-0.39, 0.29) is 12.3 Å². The highest BCUT2D eigenvalue weighted by Crippen LogP contribution is 2.42. The number of carboxylic acid groups (broad SMARTS) is 1. The van der Waals surface area contributed by atoms with Crippen LogP contribution in [0.1, 0.15) is 54.0 Å². The molecule has 2 N–H and O–H groups in total. The van der Waals surface area contributed by atoms with Crippen molar-refractivity contribution in [3.63, 3.8) is 0 Å². The Balaban J connectivity index is 2.98. The van der Waals surface area contributed by atoms with E-state index in [0.717, 1.165) is 11.3 Å². The lowest BCUT2D eigenvalue weighted by molar-refractivity contribution is -0.141. The van der Waals surface area contributed by atoms with Gasteiger partial charge in [0, 0.05) is 13.3 Å². The molecule has 0 aromatic heterocycles. The van der Waals surface area contributed by atoms with Crippen LogP contribution in [0.5, 0.6) is 5.75 Å². The molecular weight excluding hydrogens is 346 g/mol. The highest BCUT2D eigenvalue weighted by Gasteiger charge is 2.46. The van der Waals surface area contributed by atoms with Crippen LogP contribution in [0.4, 0.5) is 0 Å². The molecule has 0 heterocycles. The highest BCUT2D eigenvalue weighted by atomic mass is 28.4. The predicted octanol–water partition coefficient (Wildman–Crippen LogP) is 4.37. The molecule has 1 amide bonds. The molecule has 0 aliphatic carbocycles. The van der Waals surface area contributed by atoms with E-state index in [1.807, 2.05) is 24.3 Å². The number of nitrogens with one attached hydrogen (secondary N) is 1. The number of hydrogen-bond acceptors (Lipinski definition) is 3. The Labute approximate surface area is 158 Å². The van der Waals surface area contributed by atoms with Gasteiger partial charge in [0.2, 0.25) is 5.91 Å². The number of carboxylic acids is 1. The SMILES string of the molecule is CC(=O)N[C@@H](Cc1ccc(O[Si](C(C)C)(C(C)C)C(C)C)cc1)C(=O)O. The molecule has 0 fully saturated rings. The van der Waals surface area contributed by atoms with Crippen LogP contribution in [0.15, 0.2) is 24.3 Å². The first-order chi connectivity index (χ1) is 12.0. The monoisotopic (exact) mass is 379 g/mol. The Hall–Kier alpha value is -1.82. The molecule has 1 aromatic carbocycles. The summed E-state index contributed by atoms with van der Waals surface area (Å²) in [6, 6.07) is 6.67. The van der Waals surface area contributed by atoms with Crippen molar-refractivity contribution in [1.29, 1.82) is 0 Å². The van der Waals surface area contributed by atoms with E-state index in [4.69, 9.17) is 4.43 Å². The van der Waals surface area contributed by atoms with Gasteiger partial charge in [-0.15, -0.1) is 0 Å². The Morgan fingerprint density at radius 1 is 1.00 bits per heavy atom. The number of aliphatic carboxylic acids is 1. The van der Waals surface area contributed by atoms with Crippen LogP contribution < -0.4 is 9.74 Å². The largest absolute Gasteiger partial charge is 0.543 e. The van der Waals surface area contributed by atoms with Crippen LogP contribution in [0.2, 0.25) is 16.6 Å². The fraction of sp³-hybridized carbons (Fsp3) is 0.600. The third-order valence-corrected chi connectivity index (χ3v) is 11.0. The molecule has 0 aliphatic rings. The molecule has 0 spiro atoms. The smallest absolute Gasteiger partial charge is 0.326 e. The minimum atomic E-state index is -2.01. The summed E-state index contributed by atoms with van der Waals surface area (Å²) in [5.74, 6) is -0.548. The van der Waals surface area contributed by atoms with Gasteiger partial charge in [-0.05, 0) is 34.3 Å². The summed E-state index contributed by atoms with van der Waals surface area (Å²) in [5, 5.41) is 11.7. The first-order valence-corrected chi connectivity index (χ1v) is 11.4. The zero-order valence-corrected chi connectivity index (χ0v) is 18.0. The lowest BCUT2D eigenvalue weighted by atomic mass is 10.1. The van der Waals surface area contributed by atoms with Crippen LogP contribution in [0.25, 0.3) is 0 Å². The fourth-order valence-electron chi connectivity index (χ4n) is 3.93. The second-order valence-corrected chi connectivity index (χ2v) is 13.2. The molecule has 0 aliphatic heterocycles. The van der Waals surface area contributed by atoms with E-state index in [9.17, 15) is 14.7 Å². The molecule has 0 saturated heterocycles. The molecule has 1 aromatic rings. The van der Waals surface area contributed by atoms with Crippen molar-refractivity contribution in [2.75, 3.05) is 0 Å². The minimum absolute atomic E-state index is 0.246. The van der Waals surface area contributed by atoms with Crippen LogP contribution in [-0.2, 0) is 16.0 Å². The Morgan fingerprint density at radius 2 is 1.46 bits per heavy atom. The molecule has 1 atom stereocenters. The van der Waals surface area contributed by atoms with Gasteiger partial charge in [0.15, 0.2) is 0 Å². The maximum absolute atomic E-state index is 11.3. The fourth-order valence-corrected chi connectivity index (χ4v) is 9.18. The number of benzene rings is 1. The molecule has 6 heteroatoms. The van der Waals surface area contributed by atoms with Crippen molar-refractivity contribution in [2.45, 2.75) is 77.6 Å². The third-order valence-electron chi connectivity index (χ3n) is 5.04. The highest BCUT2D eigenvalue weighted by molar-refractivity contribution is 6.78. The molecule has 0 bridgehead atoms. The average molecular weight is 380 g/mol. The zero-order valence-electron chi connectivity index (χ0n) is 17.0. The van der Waals surface area contributed by atoms with Crippen molar-refractivity contribution >= 4 is 20.2 Å². The van der Waals surface area contributed by atoms with Crippen LogP contribution in [-0.4, -0.2) is 31.3 Å². The van der Waals surface area contributed by atoms with Crippen LogP contribution >= 0.6 is 0 Å². The van der Waals surface area contributed by atoms with Gasteiger partial charge >= 0.3 is 5.97 Å². The standard InChI is InChI=1S/C20H33NO4Si/c1-13(2)26(14(3)4,15(5)6)25-18-10-8-17(9-11-18)12-19(20(23)24)21-16(7)22/h8-11,13-15,19H,12H2,1-7H3,(H,21,22)(H,23,24)/t19-/m0/s1. The van der Waals surface area contributed by atoms with Gasteiger partial charge in [-0.25, -0.2) is 4.79 Å². The number of rotatable bonds is 9. The van der Waals surface area contributed by atoms with Gasteiger partial charge in [-0.3, -0.25) is 4.79 Å². The van der Waals surface area contributed by atoms with Crippen LogP contribution in [0, 0.1) is 0 Å². The lowest BCUT2D eigenvalue weighted by Crippen LogP contribution is -2.50. The Bertz CT molecular complexity index is 589. The molecule has 1 rings (SSSR count). The van der Waals surface area contributed by atoms with Gasteiger partial charge in [0.25, 0.3) is 8.32 Å². The summed E-state index contributed by atoms with van der Waals surface area (Å²) in [6.07, 6.45) is 0.246. The first-order valence-electron chi connectivity index (χ1n) is 9.28. The lowest BCUT2D eigenvalue weighted by Gasteiger charge is -2.42. The number of carbonyl (C=O) groups excluding carboxylic acids is 1. The molecule has 0 unspecified atom stereocenters. The number of amides is 1. The summed E-state index contributed by atoms with van der Waals surface area (Å²) < 4.78 is 6.61. The van der Waals surface area contributed by atoms with Crippen molar-refractivity contribution in [1.82, 2.24) is 5.32 Å². The van der Waals surface area contributed by atoms with Crippen molar-refractivity contribution in [3.8, 4) is 5.75 Å². The average Bonchev–Trinajstić information content (AvgIpc) is 2.51. The van der Waals surface area contributed by atoms with E-state index in [1.165, 1.54) is 6.92 Å². The number of carbonyl (C=O) groups is 2. The Kier molecular flexibility index (Phi) is 7.87. The maximum atomic E-state index is 11.3. The minimum Gasteiger partial charge on any atom is -0.543 e. The maximum Gasteiger partial charge on any atom is 0.326 e. The van der Waals surface area contributed by atoms with Gasteiger partial charge in [0.05, 0.1) is 0 Å². The van der Waals surface area contributed by atoms with E-state index >= 15 is 0 Å². The van der Waals surface area contributed by atoms with Crippen molar-refractivity contribution < 1.29 is 19.1 Å². The molecule has 0 radical (unpaired) electrons. The van der Waals surface area contributed by atoms with Gasteiger partial charge in [-0.2, -0.15) is 0 Å². The topological polar surface area (TPSA) is 75.6 Å². The second kappa shape index (κ2) is 9.21. The molecule has 26 heavy (non-hydrogen) atoms. The van der Waals surface area contributed by atoms with E-state index in [0.29, 0.717) is 16.6 Å². The van der Waals surface area contributed by atoms with E-state index in [1.54, 1.807) is 0 Å². The van der Waals surface area contributed by atoms with Crippen LogP contribution in [0.3, 0.4) is 0 Å². The van der Waals surface area contributed by atoms with Gasteiger partial charge in [0.1, 0.15) is 11.8 Å². The summed E-state index contributed by atoms with van der Waals surface area (Å²) in [7, 11) is -2.01. The second-order valence-electron chi connectivity index (χ2n) is 7.86. The summed E-state index contributed by atoms with van der Waals surface area (Å²) in [6.45, 7) is 14.8. The summed E-state index contributed by atoms with van der Waals surface area (Å²) >= 11 is 0. The van der Waals surface area contributed by atoms with Gasteiger partial charge in [-0.1, -0.05) is 53.7 Å². The van der Waals surface area contributed by atoms with Gasteiger partial charge < -0.3 is 14.8 Å². The quantitative estimate of drug-likeness (QED) is 0.625. The normalized spacial score (nSPS) is 13.2. The predicted molar refractivity (Wildman–Crippen MR) is 107 cm³/mol. The molecular formula is C20H33NO4Si. The van der Waals surface area contributed by atoms with Crippen molar-refractivity contribution in [3.05, 3.63) is 29.8 Å². The van der Waals surface area contributed by atoms with E-state index < -0.39 is 20.3 Å². The first kappa shape index (κ1) is 22.2. The molecule has 146 valence electrons. The molecule has 5 nitrogen and oxygen atoms in total. The van der Waals surface area contributed by atoms with E-state index in [2.05, 4.69) is 46.9 Å². The third kappa shape index (κ3) is 5.33. The summed E-state index contributed by atoms with van der Waals surface area (Å²) in [5.41, 5.74) is 2.31. The summed E-state index contributed by atoms with van der Waals surface area (Å²) in [4.78, 5) is 22.4. The number of hydrogen-bond donors (Lipinski definition) is 2. The zero-order chi connectivity index (χ0) is 20.1. The molecule has 0 saturated carbocycles.